The molecular formula is C18H19ClN2O4S. The molecule has 2 amide bonds. The van der Waals surface area contributed by atoms with E-state index in [9.17, 15) is 18.0 Å². The Bertz CT molecular complexity index is 881. The van der Waals surface area contributed by atoms with Gasteiger partial charge in [-0.2, -0.15) is 0 Å². The van der Waals surface area contributed by atoms with Crippen LogP contribution in [-0.2, 0) is 25.8 Å². The molecule has 0 aliphatic rings. The molecule has 0 saturated heterocycles. The molecule has 2 rings (SSSR count). The standard InChI is InChI=1S/C18H19ClN2O4S/c1-21(2)18(23)17(20-16(22)12-13-6-4-3-5-7-13)26(24,25)15-10-8-14(19)9-11-15/h3-11,17H,12H2,1-2H3,(H,20,22). The van der Waals surface area contributed by atoms with Crippen LogP contribution in [0.15, 0.2) is 59.5 Å². The average molecular weight is 395 g/mol. The lowest BCUT2D eigenvalue weighted by atomic mass is 10.1. The number of halogens is 1. The van der Waals surface area contributed by atoms with Crippen LogP contribution in [0.4, 0.5) is 0 Å². The SMILES string of the molecule is CN(C)C(=O)C(NC(=O)Cc1ccccc1)S(=O)(=O)c1ccc(Cl)cc1. The van der Waals surface area contributed by atoms with Crippen LogP contribution in [0.1, 0.15) is 5.56 Å². The summed E-state index contributed by atoms with van der Waals surface area (Å²) in [5, 5.41) is 1.00. The lowest BCUT2D eigenvalue weighted by Gasteiger charge is -2.22. The van der Waals surface area contributed by atoms with Crippen molar-refractivity contribution < 1.29 is 18.0 Å². The number of sulfone groups is 1. The summed E-state index contributed by atoms with van der Waals surface area (Å²) in [6.45, 7) is 0. The number of likely N-dealkylation sites (N-methyl/N-ethyl adjacent to an activating group) is 1. The quantitative estimate of drug-likeness (QED) is 0.810. The minimum atomic E-state index is -4.13. The summed E-state index contributed by atoms with van der Waals surface area (Å²) in [6.07, 6.45) is -0.0335. The van der Waals surface area contributed by atoms with Gasteiger partial charge in [0, 0.05) is 19.1 Å². The number of hydrogen-bond donors (Lipinski definition) is 1. The number of carbonyl (C=O) groups excluding carboxylic acids is 2. The van der Waals surface area contributed by atoms with E-state index in [1.54, 1.807) is 24.3 Å². The molecule has 0 aliphatic carbocycles. The van der Waals surface area contributed by atoms with Crippen molar-refractivity contribution in [1.82, 2.24) is 10.2 Å². The maximum Gasteiger partial charge on any atom is 0.260 e. The third-order valence-corrected chi connectivity index (χ3v) is 5.74. The zero-order valence-electron chi connectivity index (χ0n) is 14.3. The summed E-state index contributed by atoms with van der Waals surface area (Å²) in [7, 11) is -1.28. The van der Waals surface area contributed by atoms with Crippen molar-refractivity contribution in [3.63, 3.8) is 0 Å². The molecule has 138 valence electrons. The molecule has 8 heteroatoms. The summed E-state index contributed by atoms with van der Waals surface area (Å²) in [6, 6.07) is 14.3. The highest BCUT2D eigenvalue weighted by Gasteiger charge is 2.36. The Balaban J connectivity index is 2.30. The first kappa shape index (κ1) is 19.9. The summed E-state index contributed by atoms with van der Waals surface area (Å²) in [5.74, 6) is -1.30. The maximum atomic E-state index is 12.9. The monoisotopic (exact) mass is 394 g/mol. The number of nitrogens with one attached hydrogen (secondary N) is 1. The van der Waals surface area contributed by atoms with Gasteiger partial charge in [0.25, 0.3) is 5.91 Å². The van der Waals surface area contributed by atoms with Gasteiger partial charge in [-0.25, -0.2) is 8.42 Å². The summed E-state index contributed by atoms with van der Waals surface area (Å²) < 4.78 is 25.7. The van der Waals surface area contributed by atoms with Gasteiger partial charge in [0.05, 0.1) is 11.3 Å². The maximum absolute atomic E-state index is 12.9. The molecule has 2 aromatic carbocycles. The molecule has 0 spiro atoms. The summed E-state index contributed by atoms with van der Waals surface area (Å²) in [5.41, 5.74) is 0.713. The molecule has 1 N–H and O–H groups in total. The predicted molar refractivity (Wildman–Crippen MR) is 99.4 cm³/mol. The van der Waals surface area contributed by atoms with Gasteiger partial charge in [-0.1, -0.05) is 41.9 Å². The fraction of sp³-hybridized carbons (Fsp3) is 0.222. The van der Waals surface area contributed by atoms with Crippen molar-refractivity contribution in [2.45, 2.75) is 16.7 Å². The molecule has 0 heterocycles. The van der Waals surface area contributed by atoms with Crippen molar-refractivity contribution >= 4 is 33.3 Å². The molecule has 2 aromatic rings. The second kappa shape index (κ2) is 8.33. The Hall–Kier alpha value is -2.38. The number of hydrogen-bond acceptors (Lipinski definition) is 4. The van der Waals surface area contributed by atoms with E-state index in [1.165, 1.54) is 38.4 Å². The van der Waals surface area contributed by atoms with E-state index in [0.29, 0.717) is 10.6 Å². The number of carbonyl (C=O) groups is 2. The van der Waals surface area contributed by atoms with Crippen molar-refractivity contribution in [2.24, 2.45) is 0 Å². The minimum absolute atomic E-state index is 0.0335. The fourth-order valence-electron chi connectivity index (χ4n) is 2.25. The van der Waals surface area contributed by atoms with Crippen LogP contribution < -0.4 is 5.32 Å². The minimum Gasteiger partial charge on any atom is -0.346 e. The lowest BCUT2D eigenvalue weighted by Crippen LogP contribution is -2.51. The number of benzene rings is 2. The van der Waals surface area contributed by atoms with Crippen molar-refractivity contribution in [1.29, 1.82) is 0 Å². The highest BCUT2D eigenvalue weighted by Crippen LogP contribution is 2.19. The average Bonchev–Trinajstić information content (AvgIpc) is 2.60. The van der Waals surface area contributed by atoms with E-state index in [1.807, 2.05) is 6.07 Å². The first-order chi connectivity index (χ1) is 12.2. The van der Waals surface area contributed by atoms with E-state index in [4.69, 9.17) is 11.6 Å². The highest BCUT2D eigenvalue weighted by molar-refractivity contribution is 7.92. The second-order valence-corrected chi connectivity index (χ2v) is 8.31. The predicted octanol–water partition coefficient (Wildman–Crippen LogP) is 1.89. The van der Waals surface area contributed by atoms with Gasteiger partial charge in [0.15, 0.2) is 0 Å². The Morgan fingerprint density at radius 1 is 1.04 bits per heavy atom. The largest absolute Gasteiger partial charge is 0.346 e. The van der Waals surface area contributed by atoms with Crippen molar-refractivity contribution in [2.75, 3.05) is 14.1 Å². The zero-order valence-corrected chi connectivity index (χ0v) is 15.9. The fourth-order valence-corrected chi connectivity index (χ4v) is 3.92. The smallest absolute Gasteiger partial charge is 0.260 e. The molecule has 0 saturated carbocycles. The summed E-state index contributed by atoms with van der Waals surface area (Å²) in [4.78, 5) is 25.8. The van der Waals surface area contributed by atoms with Crippen LogP contribution in [0.3, 0.4) is 0 Å². The first-order valence-corrected chi connectivity index (χ1v) is 9.68. The van der Waals surface area contributed by atoms with Crippen LogP contribution >= 0.6 is 11.6 Å². The van der Waals surface area contributed by atoms with Crippen LogP contribution in [0.2, 0.25) is 5.02 Å². The Morgan fingerprint density at radius 3 is 2.15 bits per heavy atom. The van der Waals surface area contributed by atoms with E-state index in [-0.39, 0.29) is 11.3 Å². The molecule has 1 atom stereocenters. The van der Waals surface area contributed by atoms with Gasteiger partial charge in [-0.05, 0) is 29.8 Å². The van der Waals surface area contributed by atoms with Crippen LogP contribution in [0.5, 0.6) is 0 Å². The first-order valence-electron chi connectivity index (χ1n) is 7.75. The topological polar surface area (TPSA) is 83.6 Å². The van der Waals surface area contributed by atoms with Gasteiger partial charge in [0.2, 0.25) is 21.1 Å². The third-order valence-electron chi connectivity index (χ3n) is 3.62. The van der Waals surface area contributed by atoms with Gasteiger partial charge in [-0.3, -0.25) is 9.59 Å². The van der Waals surface area contributed by atoms with Gasteiger partial charge in [-0.15, -0.1) is 0 Å². The number of rotatable bonds is 6. The van der Waals surface area contributed by atoms with E-state index in [0.717, 1.165) is 4.90 Å². The Morgan fingerprint density at radius 2 is 1.62 bits per heavy atom. The molecule has 0 radical (unpaired) electrons. The van der Waals surface area contributed by atoms with Crippen LogP contribution in [-0.4, -0.2) is 44.6 Å². The Kier molecular flexibility index (Phi) is 6.39. The van der Waals surface area contributed by atoms with Crippen molar-refractivity contribution in [3.8, 4) is 0 Å². The normalized spacial score (nSPS) is 12.3. The number of nitrogens with zero attached hydrogens (tertiary/aromatic N) is 1. The zero-order chi connectivity index (χ0) is 19.3. The Labute approximate surface area is 157 Å². The second-order valence-electron chi connectivity index (χ2n) is 5.84. The molecule has 1 unspecified atom stereocenters. The third kappa shape index (κ3) is 4.83. The summed E-state index contributed by atoms with van der Waals surface area (Å²) >= 11 is 5.79. The number of amides is 2. The van der Waals surface area contributed by atoms with E-state index in [2.05, 4.69) is 5.32 Å². The van der Waals surface area contributed by atoms with Gasteiger partial charge < -0.3 is 10.2 Å². The van der Waals surface area contributed by atoms with Crippen LogP contribution in [0.25, 0.3) is 0 Å². The molecule has 0 aliphatic heterocycles. The molecule has 0 bridgehead atoms. The van der Waals surface area contributed by atoms with E-state index >= 15 is 0 Å². The van der Waals surface area contributed by atoms with Gasteiger partial charge in [0.1, 0.15) is 0 Å². The molecule has 26 heavy (non-hydrogen) atoms. The molecule has 0 fully saturated rings. The molecule has 6 nitrogen and oxygen atoms in total. The molecule has 0 aromatic heterocycles. The van der Waals surface area contributed by atoms with E-state index < -0.39 is 27.0 Å². The highest BCUT2D eigenvalue weighted by atomic mass is 35.5. The van der Waals surface area contributed by atoms with Crippen LogP contribution in [0, 0.1) is 0 Å². The van der Waals surface area contributed by atoms with Crippen molar-refractivity contribution in [3.05, 3.63) is 65.2 Å². The lowest BCUT2D eigenvalue weighted by molar-refractivity contribution is -0.132. The van der Waals surface area contributed by atoms with Gasteiger partial charge >= 0.3 is 0 Å². The molecular weight excluding hydrogens is 376 g/mol.